The van der Waals surface area contributed by atoms with E-state index in [2.05, 4.69) is 0 Å². The highest BCUT2D eigenvalue weighted by Crippen LogP contribution is 1.88. The highest BCUT2D eigenvalue weighted by Gasteiger charge is 2.23. The van der Waals surface area contributed by atoms with E-state index >= 15 is 0 Å². The Bertz CT molecular complexity index is 95.2. The average molecular weight is 120 g/mol. The molecular weight excluding hydrogens is 112 g/mol. The number of nitrogens with two attached hydrogens (primary N) is 1. The smallest absolute Gasteiger partial charge is 0.290 e. The van der Waals surface area contributed by atoms with Gasteiger partial charge in [0.2, 0.25) is 0 Å². The molecule has 1 unspecified atom stereocenters. The summed E-state index contributed by atoms with van der Waals surface area (Å²) in [6.07, 6.45) is 0. The Morgan fingerprint density at radius 1 is 1.88 bits per heavy atom. The molecule has 0 heterocycles. The normalized spacial score (nSPS) is 17.0. The van der Waals surface area contributed by atoms with E-state index < -0.39 is 11.6 Å². The van der Waals surface area contributed by atoms with Crippen molar-refractivity contribution in [1.29, 1.82) is 0 Å². The van der Waals surface area contributed by atoms with Crippen molar-refractivity contribution in [3.05, 3.63) is 0 Å². The van der Waals surface area contributed by atoms with Gasteiger partial charge in [0.25, 0.3) is 5.91 Å². The van der Waals surface area contributed by atoms with E-state index in [0.717, 1.165) is 6.92 Å². The number of hydroxylamine groups is 1. The summed E-state index contributed by atoms with van der Waals surface area (Å²) in [7, 11) is 0. The summed E-state index contributed by atoms with van der Waals surface area (Å²) in [5.74, 6) is -1.03. The monoisotopic (exact) mass is 120 g/mol. The highest BCUT2D eigenvalue weighted by molar-refractivity contribution is 5.82. The van der Waals surface area contributed by atoms with Crippen LogP contribution in [0.2, 0.25) is 0 Å². The van der Waals surface area contributed by atoms with Gasteiger partial charge < -0.3 is 5.11 Å². The Morgan fingerprint density at radius 2 is 2.25 bits per heavy atom. The summed E-state index contributed by atoms with van der Waals surface area (Å²) >= 11 is 0. The first kappa shape index (κ1) is 7.35. The van der Waals surface area contributed by atoms with Gasteiger partial charge in [-0.1, -0.05) is 0 Å². The summed E-state index contributed by atoms with van der Waals surface area (Å²) in [6.45, 7) is 1.05. The van der Waals surface area contributed by atoms with Crippen LogP contribution in [0.15, 0.2) is 0 Å². The molecular formula is C3H8N2O3. The first-order chi connectivity index (χ1) is 3.48. The zero-order valence-electron chi connectivity index (χ0n) is 4.38. The number of carbonyl (C=O) groups is 1. The standard InChI is InChI=1S/C3H8N2O3/c1-3(4,7)2(6)5-8/h7-8H,4H2,1H3,(H,5,6). The third kappa shape index (κ3) is 1.87. The predicted octanol–water partition coefficient (Wildman–Crippen LogP) is -1.84. The first-order valence-electron chi connectivity index (χ1n) is 1.94. The molecule has 0 spiro atoms. The minimum Gasteiger partial charge on any atom is -0.368 e. The van der Waals surface area contributed by atoms with Gasteiger partial charge in [-0.15, -0.1) is 0 Å². The number of amides is 1. The summed E-state index contributed by atoms with van der Waals surface area (Å²) in [5.41, 5.74) is 3.97. The number of aliphatic hydroxyl groups is 1. The van der Waals surface area contributed by atoms with E-state index in [1.807, 2.05) is 0 Å². The molecule has 5 N–H and O–H groups in total. The van der Waals surface area contributed by atoms with Crippen molar-refractivity contribution in [3.63, 3.8) is 0 Å². The third-order valence-electron chi connectivity index (χ3n) is 0.561. The summed E-state index contributed by atoms with van der Waals surface area (Å²) in [6, 6.07) is 0. The Kier molecular flexibility index (Phi) is 1.91. The number of nitrogens with one attached hydrogen (secondary N) is 1. The van der Waals surface area contributed by atoms with E-state index in [1.165, 1.54) is 5.48 Å². The second-order valence-corrected chi connectivity index (χ2v) is 1.59. The molecule has 0 aromatic heterocycles. The molecule has 0 radical (unpaired) electrons. The lowest BCUT2D eigenvalue weighted by Gasteiger charge is -2.12. The number of carbonyl (C=O) groups excluding carboxylic acids is 1. The largest absolute Gasteiger partial charge is 0.368 e. The van der Waals surface area contributed by atoms with Gasteiger partial charge in [0.05, 0.1) is 0 Å². The Hall–Kier alpha value is -0.650. The SMILES string of the molecule is CC(N)(O)C(=O)NO. The van der Waals surface area contributed by atoms with Crippen LogP contribution in [0.5, 0.6) is 0 Å². The van der Waals surface area contributed by atoms with Gasteiger partial charge in [0, 0.05) is 0 Å². The molecule has 0 aliphatic heterocycles. The molecule has 48 valence electrons. The molecule has 5 heteroatoms. The number of hydrogen-bond acceptors (Lipinski definition) is 4. The van der Waals surface area contributed by atoms with Crippen LogP contribution < -0.4 is 11.2 Å². The molecule has 8 heavy (non-hydrogen) atoms. The molecule has 0 bridgehead atoms. The zero-order chi connectivity index (χ0) is 6.78. The van der Waals surface area contributed by atoms with Crippen LogP contribution in [0, 0.1) is 0 Å². The minimum absolute atomic E-state index is 1.03. The van der Waals surface area contributed by atoms with E-state index in [4.69, 9.17) is 16.0 Å². The van der Waals surface area contributed by atoms with E-state index in [-0.39, 0.29) is 0 Å². The van der Waals surface area contributed by atoms with Crippen LogP contribution in [0.3, 0.4) is 0 Å². The fraction of sp³-hybridized carbons (Fsp3) is 0.667. The van der Waals surface area contributed by atoms with E-state index in [1.54, 1.807) is 0 Å². The summed E-state index contributed by atoms with van der Waals surface area (Å²) in [4.78, 5) is 10.1. The molecule has 0 aromatic carbocycles. The zero-order valence-corrected chi connectivity index (χ0v) is 4.38. The van der Waals surface area contributed by atoms with Crippen molar-refractivity contribution in [3.8, 4) is 0 Å². The fourth-order valence-electron chi connectivity index (χ4n) is 0.113. The molecule has 1 atom stereocenters. The Labute approximate surface area is 46.1 Å². The summed E-state index contributed by atoms with van der Waals surface area (Å²) in [5, 5.41) is 16.3. The topological polar surface area (TPSA) is 95.6 Å². The van der Waals surface area contributed by atoms with E-state index in [9.17, 15) is 4.79 Å². The third-order valence-corrected chi connectivity index (χ3v) is 0.561. The fourth-order valence-corrected chi connectivity index (χ4v) is 0.113. The van der Waals surface area contributed by atoms with Gasteiger partial charge in [-0.25, -0.2) is 5.48 Å². The second-order valence-electron chi connectivity index (χ2n) is 1.59. The molecule has 0 aromatic rings. The van der Waals surface area contributed by atoms with Crippen molar-refractivity contribution in [2.75, 3.05) is 0 Å². The van der Waals surface area contributed by atoms with Gasteiger partial charge in [-0.3, -0.25) is 15.7 Å². The van der Waals surface area contributed by atoms with Crippen LogP contribution >= 0.6 is 0 Å². The summed E-state index contributed by atoms with van der Waals surface area (Å²) < 4.78 is 0. The number of rotatable bonds is 1. The molecule has 5 nitrogen and oxygen atoms in total. The van der Waals surface area contributed by atoms with Gasteiger partial charge in [-0.05, 0) is 6.92 Å². The Balaban J connectivity index is 3.82. The molecule has 0 rings (SSSR count). The van der Waals surface area contributed by atoms with Gasteiger partial charge in [0.15, 0.2) is 5.72 Å². The molecule has 0 aliphatic rings. The van der Waals surface area contributed by atoms with Crippen molar-refractivity contribution < 1.29 is 15.1 Å². The van der Waals surface area contributed by atoms with Crippen molar-refractivity contribution >= 4 is 5.91 Å². The van der Waals surface area contributed by atoms with Crippen molar-refractivity contribution in [1.82, 2.24) is 5.48 Å². The minimum atomic E-state index is -1.99. The first-order valence-corrected chi connectivity index (χ1v) is 1.94. The maximum atomic E-state index is 10.1. The van der Waals surface area contributed by atoms with Crippen LogP contribution in [0.4, 0.5) is 0 Å². The van der Waals surface area contributed by atoms with Gasteiger partial charge >= 0.3 is 0 Å². The van der Waals surface area contributed by atoms with Crippen LogP contribution in [0.25, 0.3) is 0 Å². The van der Waals surface area contributed by atoms with Crippen LogP contribution in [-0.4, -0.2) is 21.9 Å². The maximum absolute atomic E-state index is 10.1. The van der Waals surface area contributed by atoms with Crippen LogP contribution in [-0.2, 0) is 4.79 Å². The number of hydrogen-bond donors (Lipinski definition) is 4. The van der Waals surface area contributed by atoms with Gasteiger partial charge in [0.1, 0.15) is 0 Å². The molecule has 0 aliphatic carbocycles. The lowest BCUT2D eigenvalue weighted by Crippen LogP contribution is -2.50. The van der Waals surface area contributed by atoms with E-state index in [0.29, 0.717) is 0 Å². The lowest BCUT2D eigenvalue weighted by atomic mass is 10.3. The lowest BCUT2D eigenvalue weighted by molar-refractivity contribution is -0.146. The molecule has 1 amide bonds. The molecule has 0 saturated carbocycles. The average Bonchev–Trinajstić information content (AvgIpc) is 1.62. The highest BCUT2D eigenvalue weighted by atomic mass is 16.5. The van der Waals surface area contributed by atoms with Crippen molar-refractivity contribution in [2.24, 2.45) is 5.73 Å². The quantitative estimate of drug-likeness (QED) is 0.186. The molecule has 0 fully saturated rings. The van der Waals surface area contributed by atoms with Crippen LogP contribution in [0.1, 0.15) is 6.92 Å². The van der Waals surface area contributed by atoms with Crippen molar-refractivity contribution in [2.45, 2.75) is 12.6 Å². The maximum Gasteiger partial charge on any atom is 0.290 e. The Morgan fingerprint density at radius 3 is 2.25 bits per heavy atom. The molecule has 0 saturated heterocycles. The second kappa shape index (κ2) is 2.08. The van der Waals surface area contributed by atoms with Gasteiger partial charge in [-0.2, -0.15) is 0 Å². The predicted molar refractivity (Wildman–Crippen MR) is 24.7 cm³/mol.